The average molecular weight is 418 g/mol. The van der Waals surface area contributed by atoms with E-state index in [9.17, 15) is 9.59 Å². The van der Waals surface area contributed by atoms with E-state index in [0.717, 1.165) is 37.4 Å². The van der Waals surface area contributed by atoms with Crippen LogP contribution in [0.4, 0.5) is 0 Å². The minimum Gasteiger partial charge on any atom is -0.485 e. The summed E-state index contributed by atoms with van der Waals surface area (Å²) in [7, 11) is 0. The third-order valence-electron chi connectivity index (χ3n) is 5.81. The smallest absolute Gasteiger partial charge is 0.202 e. The molecule has 1 aromatic heterocycles. The summed E-state index contributed by atoms with van der Waals surface area (Å²) in [5.74, 6) is 0.462. The van der Waals surface area contributed by atoms with Gasteiger partial charge in [-0.15, -0.1) is 0 Å². The number of ketones is 2. The molecule has 0 bridgehead atoms. The lowest BCUT2D eigenvalue weighted by Crippen LogP contribution is -2.18. The summed E-state index contributed by atoms with van der Waals surface area (Å²) in [5.41, 5.74) is 3.92. The zero-order valence-corrected chi connectivity index (χ0v) is 18.0. The van der Waals surface area contributed by atoms with E-state index in [4.69, 9.17) is 9.47 Å². The Bertz CT molecular complexity index is 1060. The van der Waals surface area contributed by atoms with E-state index < -0.39 is 0 Å². The maximum absolute atomic E-state index is 12.8. The highest BCUT2D eigenvalue weighted by Gasteiger charge is 2.21. The number of nitrogens with zero attached hydrogens (tertiary/aromatic N) is 1. The van der Waals surface area contributed by atoms with Gasteiger partial charge in [0.15, 0.2) is 12.4 Å². The third-order valence-corrected chi connectivity index (χ3v) is 5.81. The second kappa shape index (κ2) is 9.31. The van der Waals surface area contributed by atoms with Gasteiger partial charge >= 0.3 is 0 Å². The van der Waals surface area contributed by atoms with E-state index in [2.05, 4.69) is 4.57 Å². The summed E-state index contributed by atoms with van der Waals surface area (Å²) in [6.45, 7) is 5.54. The number of aryl methyl sites for hydroxylation is 1. The monoisotopic (exact) mass is 417 g/mol. The van der Waals surface area contributed by atoms with Crippen LogP contribution >= 0.6 is 0 Å². The number of ether oxygens (including phenoxy) is 2. The Morgan fingerprint density at radius 1 is 1.03 bits per heavy atom. The van der Waals surface area contributed by atoms with Gasteiger partial charge < -0.3 is 14.0 Å². The lowest BCUT2D eigenvalue weighted by atomic mass is 10.0. The Kier molecular flexibility index (Phi) is 6.33. The molecule has 3 aromatic rings. The molecule has 4 rings (SSSR count). The molecule has 2 heterocycles. The molecule has 0 amide bonds. The average Bonchev–Trinajstić information content (AvgIpc) is 3.42. The number of carbonyl (C=O) groups is 2. The summed E-state index contributed by atoms with van der Waals surface area (Å²) in [6, 6.07) is 18.0. The SMILES string of the molecule is Cc1cc(C(=O)COc2ccc(C(=O)c3ccccc3)cc2)c(C)n1C[C@@H]1CCCO1. The van der Waals surface area contributed by atoms with Crippen LogP contribution in [0.2, 0.25) is 0 Å². The van der Waals surface area contributed by atoms with Crippen molar-refractivity contribution in [3.8, 4) is 5.75 Å². The van der Waals surface area contributed by atoms with Crippen LogP contribution in [-0.2, 0) is 11.3 Å². The fourth-order valence-electron chi connectivity index (χ4n) is 4.04. The van der Waals surface area contributed by atoms with E-state index >= 15 is 0 Å². The molecular formula is C26H27NO4. The largest absolute Gasteiger partial charge is 0.485 e. The van der Waals surface area contributed by atoms with E-state index in [1.54, 1.807) is 36.4 Å². The molecule has 0 saturated carbocycles. The van der Waals surface area contributed by atoms with Crippen molar-refractivity contribution >= 4 is 11.6 Å². The van der Waals surface area contributed by atoms with Gasteiger partial charge in [-0.05, 0) is 57.0 Å². The maximum Gasteiger partial charge on any atom is 0.202 e. The molecule has 0 N–H and O–H groups in total. The van der Waals surface area contributed by atoms with Gasteiger partial charge in [0.25, 0.3) is 0 Å². The van der Waals surface area contributed by atoms with Gasteiger partial charge in [-0.1, -0.05) is 30.3 Å². The lowest BCUT2D eigenvalue weighted by Gasteiger charge is -2.14. The first-order chi connectivity index (χ1) is 15.0. The second-order valence-corrected chi connectivity index (χ2v) is 7.96. The number of carbonyl (C=O) groups excluding carboxylic acids is 2. The van der Waals surface area contributed by atoms with Crippen LogP contribution in [0.1, 0.15) is 50.5 Å². The number of rotatable bonds is 8. The topological polar surface area (TPSA) is 57.5 Å². The molecule has 5 heteroatoms. The van der Waals surface area contributed by atoms with Gasteiger partial charge in [0.05, 0.1) is 6.10 Å². The van der Waals surface area contributed by atoms with Crippen molar-refractivity contribution in [2.45, 2.75) is 39.3 Å². The Hall–Kier alpha value is -3.18. The first-order valence-electron chi connectivity index (χ1n) is 10.7. The number of hydrogen-bond donors (Lipinski definition) is 0. The minimum atomic E-state index is -0.0591. The molecule has 1 saturated heterocycles. The van der Waals surface area contributed by atoms with Gasteiger partial charge in [-0.3, -0.25) is 9.59 Å². The molecule has 0 spiro atoms. The van der Waals surface area contributed by atoms with Gasteiger partial charge in [-0.2, -0.15) is 0 Å². The van der Waals surface area contributed by atoms with Crippen molar-refractivity contribution < 1.29 is 19.1 Å². The molecule has 1 aliphatic rings. The number of Topliss-reactive ketones (excluding diaryl/α,β-unsaturated/α-hetero) is 1. The van der Waals surface area contributed by atoms with Crippen molar-refractivity contribution in [1.29, 1.82) is 0 Å². The molecule has 1 aliphatic heterocycles. The normalized spacial score (nSPS) is 15.7. The van der Waals surface area contributed by atoms with E-state index in [1.807, 2.05) is 38.1 Å². The molecule has 0 unspecified atom stereocenters. The Morgan fingerprint density at radius 2 is 1.74 bits per heavy atom. The third kappa shape index (κ3) is 4.78. The van der Waals surface area contributed by atoms with Crippen molar-refractivity contribution in [2.24, 2.45) is 0 Å². The highest BCUT2D eigenvalue weighted by Crippen LogP contribution is 2.21. The van der Waals surface area contributed by atoms with Crippen molar-refractivity contribution in [3.63, 3.8) is 0 Å². The van der Waals surface area contributed by atoms with Crippen molar-refractivity contribution in [2.75, 3.05) is 13.2 Å². The summed E-state index contributed by atoms with van der Waals surface area (Å²) >= 11 is 0. The van der Waals surface area contributed by atoms with Gasteiger partial charge in [0.2, 0.25) is 5.78 Å². The van der Waals surface area contributed by atoms with Crippen LogP contribution in [0.3, 0.4) is 0 Å². The quantitative estimate of drug-likeness (QED) is 0.495. The predicted molar refractivity (Wildman–Crippen MR) is 119 cm³/mol. The predicted octanol–water partition coefficient (Wildman–Crippen LogP) is 4.78. The molecule has 2 aromatic carbocycles. The van der Waals surface area contributed by atoms with Gasteiger partial charge in [-0.25, -0.2) is 0 Å². The minimum absolute atomic E-state index is 0.0399. The Balaban J connectivity index is 1.38. The molecule has 31 heavy (non-hydrogen) atoms. The maximum atomic E-state index is 12.8. The Morgan fingerprint density at radius 3 is 2.42 bits per heavy atom. The fourth-order valence-corrected chi connectivity index (χ4v) is 4.04. The molecule has 160 valence electrons. The Labute approximate surface area is 182 Å². The second-order valence-electron chi connectivity index (χ2n) is 7.96. The molecule has 1 fully saturated rings. The van der Waals surface area contributed by atoms with Crippen LogP contribution in [0.15, 0.2) is 60.7 Å². The lowest BCUT2D eigenvalue weighted by molar-refractivity contribution is 0.0914. The standard InChI is InChI=1S/C26H27NO4/c1-18-15-24(19(2)27(18)16-23-9-6-14-30-23)25(28)17-31-22-12-10-21(11-13-22)26(29)20-7-4-3-5-8-20/h3-5,7-8,10-13,15,23H,6,9,14,16-17H2,1-2H3/t23-/m0/s1. The molecule has 0 aliphatic carbocycles. The van der Waals surface area contributed by atoms with Crippen LogP contribution < -0.4 is 4.74 Å². The molecule has 0 radical (unpaired) electrons. The fraction of sp³-hybridized carbons (Fsp3) is 0.308. The molecule has 5 nitrogen and oxygen atoms in total. The highest BCUT2D eigenvalue weighted by molar-refractivity contribution is 6.09. The van der Waals surface area contributed by atoms with Crippen LogP contribution in [0, 0.1) is 13.8 Å². The van der Waals surface area contributed by atoms with Crippen molar-refractivity contribution in [3.05, 3.63) is 88.7 Å². The van der Waals surface area contributed by atoms with E-state index in [1.165, 1.54) is 0 Å². The number of hydrogen-bond acceptors (Lipinski definition) is 4. The zero-order valence-electron chi connectivity index (χ0n) is 18.0. The van der Waals surface area contributed by atoms with Crippen LogP contribution in [-0.4, -0.2) is 35.5 Å². The first kappa shape index (κ1) is 21.1. The number of aromatic nitrogens is 1. The molecule has 1 atom stereocenters. The highest BCUT2D eigenvalue weighted by atomic mass is 16.5. The number of benzene rings is 2. The summed E-state index contributed by atoms with van der Waals surface area (Å²) in [6.07, 6.45) is 2.38. The summed E-state index contributed by atoms with van der Waals surface area (Å²) in [4.78, 5) is 25.3. The van der Waals surface area contributed by atoms with Crippen LogP contribution in [0.25, 0.3) is 0 Å². The zero-order chi connectivity index (χ0) is 21.8. The van der Waals surface area contributed by atoms with Crippen LogP contribution in [0.5, 0.6) is 5.75 Å². The van der Waals surface area contributed by atoms with Gasteiger partial charge in [0, 0.05) is 41.2 Å². The summed E-state index contributed by atoms with van der Waals surface area (Å²) < 4.78 is 13.6. The van der Waals surface area contributed by atoms with E-state index in [0.29, 0.717) is 22.4 Å². The van der Waals surface area contributed by atoms with E-state index in [-0.39, 0.29) is 24.3 Å². The first-order valence-corrected chi connectivity index (χ1v) is 10.7. The van der Waals surface area contributed by atoms with Gasteiger partial charge in [0.1, 0.15) is 5.75 Å². The molecular weight excluding hydrogens is 390 g/mol. The summed E-state index contributed by atoms with van der Waals surface area (Å²) in [5, 5.41) is 0. The van der Waals surface area contributed by atoms with Crippen molar-refractivity contribution in [1.82, 2.24) is 4.57 Å².